The fraction of sp³-hybridized carbons (Fsp3) is 0.438. The van der Waals surface area contributed by atoms with Crippen LogP contribution in [0.1, 0.15) is 31.7 Å². The summed E-state index contributed by atoms with van der Waals surface area (Å²) in [6, 6.07) is 9.61. The first kappa shape index (κ1) is 30.8. The molecular weight excluding hydrogens is 582 g/mol. The monoisotopic (exact) mass is 618 g/mol. The molecule has 3 atom stereocenters. The van der Waals surface area contributed by atoms with Crippen molar-refractivity contribution in [2.45, 2.75) is 51.0 Å². The largest absolute Gasteiger partial charge is 0.381 e. The van der Waals surface area contributed by atoms with Gasteiger partial charge in [0.15, 0.2) is 0 Å². The number of rotatable bonds is 10. The third-order valence-corrected chi connectivity index (χ3v) is 8.23. The summed E-state index contributed by atoms with van der Waals surface area (Å²) in [5.41, 5.74) is 9.01. The maximum atomic E-state index is 15.3. The van der Waals surface area contributed by atoms with Crippen molar-refractivity contribution in [3.8, 4) is 17.3 Å². The molecule has 3 unspecified atom stereocenters. The number of piperidine rings is 1. The van der Waals surface area contributed by atoms with Gasteiger partial charge in [-0.25, -0.2) is 13.8 Å². The first-order chi connectivity index (χ1) is 21.9. The number of nitrogens with zero attached hydrogens (tertiary/aromatic N) is 6. The molecule has 5 heterocycles. The second kappa shape index (κ2) is 13.8. The lowest BCUT2D eigenvalue weighted by molar-refractivity contribution is -0.0391. The molecule has 0 amide bonds. The minimum absolute atomic E-state index is 0.0160. The normalized spacial score (nSPS) is 20.8. The summed E-state index contributed by atoms with van der Waals surface area (Å²) in [7, 11) is 0. The van der Waals surface area contributed by atoms with Crippen LogP contribution in [-0.4, -0.2) is 70.7 Å². The van der Waals surface area contributed by atoms with Crippen LogP contribution in [0.3, 0.4) is 0 Å². The van der Waals surface area contributed by atoms with E-state index in [2.05, 4.69) is 38.3 Å². The number of pyridine rings is 1. The molecule has 4 aromatic rings. The van der Waals surface area contributed by atoms with Crippen molar-refractivity contribution >= 4 is 22.8 Å². The van der Waals surface area contributed by atoms with Gasteiger partial charge in [0.2, 0.25) is 5.95 Å². The van der Waals surface area contributed by atoms with E-state index in [0.717, 1.165) is 18.5 Å². The summed E-state index contributed by atoms with van der Waals surface area (Å²) in [5, 5.41) is 16.7. The molecule has 45 heavy (non-hydrogen) atoms. The van der Waals surface area contributed by atoms with Crippen LogP contribution in [0.4, 0.5) is 26.1 Å². The van der Waals surface area contributed by atoms with Gasteiger partial charge >= 0.3 is 0 Å². The first-order valence-corrected chi connectivity index (χ1v) is 15.1. The maximum Gasteiger partial charge on any atom is 0.229 e. The summed E-state index contributed by atoms with van der Waals surface area (Å²) in [6.07, 6.45) is 6.73. The van der Waals surface area contributed by atoms with Crippen LogP contribution in [0.5, 0.6) is 0 Å². The Morgan fingerprint density at radius 3 is 2.67 bits per heavy atom. The predicted molar refractivity (Wildman–Crippen MR) is 164 cm³/mol. The van der Waals surface area contributed by atoms with Gasteiger partial charge in [-0.15, -0.1) is 0 Å². The molecule has 3 N–H and O–H groups in total. The Kier molecular flexibility index (Phi) is 9.46. The number of ether oxygens (including phenoxy) is 3. The SMILES string of the molecule is CC1CN(c2ccncc2Nc2ncc3ccc(-c4c(F)cc(COC5CCOCC5)cc4F)nn23)CC(N)C1OCCC#N. The Balaban J connectivity index is 1.21. The van der Waals surface area contributed by atoms with Crippen molar-refractivity contribution in [3.63, 3.8) is 0 Å². The highest BCUT2D eigenvalue weighted by Gasteiger charge is 2.34. The highest BCUT2D eigenvalue weighted by molar-refractivity contribution is 5.74. The third-order valence-electron chi connectivity index (χ3n) is 8.23. The van der Waals surface area contributed by atoms with Crippen LogP contribution in [0.15, 0.2) is 48.9 Å². The number of hydrogen-bond donors (Lipinski definition) is 2. The zero-order valence-electron chi connectivity index (χ0n) is 25.0. The van der Waals surface area contributed by atoms with Crippen LogP contribution in [0, 0.1) is 28.9 Å². The molecule has 3 aromatic heterocycles. The van der Waals surface area contributed by atoms with Crippen LogP contribution in [-0.2, 0) is 20.8 Å². The lowest BCUT2D eigenvalue weighted by Crippen LogP contribution is -2.56. The van der Waals surface area contributed by atoms with E-state index in [9.17, 15) is 0 Å². The number of fused-ring (bicyclic) bond motifs is 1. The maximum absolute atomic E-state index is 15.3. The van der Waals surface area contributed by atoms with Crippen LogP contribution < -0.4 is 16.0 Å². The summed E-state index contributed by atoms with van der Waals surface area (Å²) in [4.78, 5) is 10.9. The summed E-state index contributed by atoms with van der Waals surface area (Å²) >= 11 is 0. The Morgan fingerprint density at radius 1 is 1.11 bits per heavy atom. The van der Waals surface area contributed by atoms with Crippen molar-refractivity contribution in [1.82, 2.24) is 19.6 Å². The van der Waals surface area contributed by atoms with Gasteiger partial charge in [0.05, 0.1) is 78.5 Å². The molecule has 2 saturated heterocycles. The summed E-state index contributed by atoms with van der Waals surface area (Å²) < 4.78 is 49.3. The number of hydrogen-bond acceptors (Lipinski definition) is 10. The van der Waals surface area contributed by atoms with Crippen LogP contribution in [0.2, 0.25) is 0 Å². The Morgan fingerprint density at radius 2 is 1.91 bits per heavy atom. The molecule has 13 heteroatoms. The van der Waals surface area contributed by atoms with E-state index in [1.807, 2.05) is 6.07 Å². The zero-order valence-corrected chi connectivity index (χ0v) is 25.0. The lowest BCUT2D eigenvalue weighted by Gasteiger charge is -2.42. The van der Waals surface area contributed by atoms with Gasteiger partial charge in [-0.3, -0.25) is 4.98 Å². The fourth-order valence-electron chi connectivity index (χ4n) is 6.02. The number of aromatic nitrogens is 4. The molecule has 2 aliphatic heterocycles. The minimum Gasteiger partial charge on any atom is -0.381 e. The van der Waals surface area contributed by atoms with Crippen molar-refractivity contribution in [3.05, 3.63) is 66.1 Å². The molecule has 0 spiro atoms. The number of nitrogens with one attached hydrogen (secondary N) is 1. The molecular formula is C32H36F2N8O3. The second-order valence-corrected chi connectivity index (χ2v) is 11.5. The van der Waals surface area contributed by atoms with E-state index in [4.69, 9.17) is 25.2 Å². The molecule has 6 rings (SSSR count). The number of halogens is 2. The van der Waals surface area contributed by atoms with E-state index in [-0.39, 0.29) is 42.0 Å². The number of imidazole rings is 1. The summed E-state index contributed by atoms with van der Waals surface area (Å²) in [6.45, 7) is 5.02. The van der Waals surface area contributed by atoms with E-state index in [0.29, 0.717) is 62.0 Å². The minimum atomic E-state index is -0.720. The topological polar surface area (TPSA) is 136 Å². The number of nitrogens with two attached hydrogens (primary N) is 1. The number of anilines is 3. The van der Waals surface area contributed by atoms with Gasteiger partial charge in [-0.1, -0.05) is 6.92 Å². The average molecular weight is 619 g/mol. The Bertz CT molecular complexity index is 1640. The Labute approximate surface area is 259 Å². The van der Waals surface area contributed by atoms with Crippen molar-refractivity contribution in [2.24, 2.45) is 11.7 Å². The molecule has 0 aliphatic carbocycles. The highest BCUT2D eigenvalue weighted by atomic mass is 19.1. The van der Waals surface area contributed by atoms with Gasteiger partial charge in [0.1, 0.15) is 11.6 Å². The number of nitriles is 1. The Hall–Kier alpha value is -4.22. The smallest absolute Gasteiger partial charge is 0.229 e. The van der Waals surface area contributed by atoms with Crippen molar-refractivity contribution < 1.29 is 23.0 Å². The molecule has 0 bridgehead atoms. The molecule has 1 aromatic carbocycles. The predicted octanol–water partition coefficient (Wildman–Crippen LogP) is 4.59. The second-order valence-electron chi connectivity index (χ2n) is 11.5. The van der Waals surface area contributed by atoms with Gasteiger partial charge in [0.25, 0.3) is 0 Å². The lowest BCUT2D eigenvalue weighted by atomic mass is 9.92. The quantitative estimate of drug-likeness (QED) is 0.243. The molecule has 236 valence electrons. The van der Waals surface area contributed by atoms with E-state index in [1.54, 1.807) is 30.7 Å². The fourth-order valence-corrected chi connectivity index (χ4v) is 6.02. The van der Waals surface area contributed by atoms with Crippen LogP contribution >= 0.6 is 0 Å². The van der Waals surface area contributed by atoms with Crippen molar-refractivity contribution in [2.75, 3.05) is 43.1 Å². The standard InChI is InChI=1S/C32H36F2N8O3/c1-20-17-41(18-26(36)31(20)44-10-2-8-35)29-5-9-37-16-28(29)39-32-38-15-22-3-4-27(40-42(22)32)30-24(33)13-21(14-25(30)34)19-45-23-6-11-43-12-7-23/h3-5,9,13-16,20,23,26,31H,2,6-7,10-12,17-19,36H2,1H3,(H,38,39). The number of benzene rings is 1. The summed E-state index contributed by atoms with van der Waals surface area (Å²) in [5.74, 6) is -0.964. The third kappa shape index (κ3) is 6.89. The van der Waals surface area contributed by atoms with E-state index < -0.39 is 11.6 Å². The van der Waals surface area contributed by atoms with Crippen molar-refractivity contribution in [1.29, 1.82) is 5.26 Å². The van der Waals surface area contributed by atoms with E-state index in [1.165, 1.54) is 16.6 Å². The molecule has 2 aliphatic rings. The van der Waals surface area contributed by atoms with Gasteiger partial charge < -0.3 is 30.2 Å². The molecule has 0 radical (unpaired) electrons. The molecule has 2 fully saturated rings. The van der Waals surface area contributed by atoms with Gasteiger partial charge in [0, 0.05) is 44.5 Å². The van der Waals surface area contributed by atoms with Gasteiger partial charge in [-0.05, 0) is 48.7 Å². The molecule has 0 saturated carbocycles. The van der Waals surface area contributed by atoms with Crippen LogP contribution in [0.25, 0.3) is 16.8 Å². The zero-order chi connectivity index (χ0) is 31.3. The average Bonchev–Trinajstić information content (AvgIpc) is 3.43. The first-order valence-electron chi connectivity index (χ1n) is 15.1. The van der Waals surface area contributed by atoms with E-state index >= 15 is 8.78 Å². The highest BCUT2D eigenvalue weighted by Crippen LogP contribution is 2.33. The molecule has 11 nitrogen and oxygen atoms in total. The van der Waals surface area contributed by atoms with Gasteiger partial charge in [-0.2, -0.15) is 14.9 Å².